The molecule has 1 aromatic rings. The van der Waals surface area contributed by atoms with E-state index >= 15 is 0 Å². The molecule has 0 aromatic heterocycles. The van der Waals surface area contributed by atoms with Gasteiger partial charge in [0, 0.05) is 0 Å². The summed E-state index contributed by atoms with van der Waals surface area (Å²) in [5.74, 6) is -1.88. The van der Waals surface area contributed by atoms with Gasteiger partial charge in [0.2, 0.25) is 5.91 Å². The molecule has 5 heteroatoms. The molecule has 0 aliphatic carbocycles. The molecule has 0 bridgehead atoms. The molecule has 0 spiro atoms. The standard InChI is InChI=1S/C13H16FNO3/c1-2-4-11(13(17)18)15-12(16)8-9-5-3-6-10(14)7-9/h3,5-7,11H,2,4,8H2,1H3,(H,15,16)(H,17,18)/t11-/m1/s1. The Kier molecular flexibility index (Phi) is 5.30. The number of aliphatic carboxylic acids is 1. The van der Waals surface area contributed by atoms with Crippen LogP contribution in [0.2, 0.25) is 0 Å². The lowest BCUT2D eigenvalue weighted by atomic mass is 10.1. The number of carbonyl (C=O) groups is 2. The van der Waals surface area contributed by atoms with Crippen molar-refractivity contribution in [3.8, 4) is 0 Å². The molecule has 1 rings (SSSR count). The van der Waals surface area contributed by atoms with E-state index in [1.807, 2.05) is 6.92 Å². The van der Waals surface area contributed by atoms with Crippen molar-refractivity contribution in [1.29, 1.82) is 0 Å². The quantitative estimate of drug-likeness (QED) is 0.811. The second-order valence-electron chi connectivity index (χ2n) is 4.05. The van der Waals surface area contributed by atoms with Crippen molar-refractivity contribution in [2.75, 3.05) is 0 Å². The summed E-state index contributed by atoms with van der Waals surface area (Å²) in [7, 11) is 0. The molecule has 0 saturated heterocycles. The smallest absolute Gasteiger partial charge is 0.326 e. The molecule has 4 nitrogen and oxygen atoms in total. The maximum absolute atomic E-state index is 12.9. The zero-order valence-corrected chi connectivity index (χ0v) is 10.1. The topological polar surface area (TPSA) is 66.4 Å². The number of carboxylic acid groups (broad SMARTS) is 1. The van der Waals surface area contributed by atoms with Crippen LogP contribution in [0, 0.1) is 5.82 Å². The fraction of sp³-hybridized carbons (Fsp3) is 0.385. The second kappa shape index (κ2) is 6.74. The molecule has 98 valence electrons. The van der Waals surface area contributed by atoms with E-state index < -0.39 is 23.7 Å². The zero-order chi connectivity index (χ0) is 13.5. The van der Waals surface area contributed by atoms with Crippen LogP contribution in [-0.4, -0.2) is 23.0 Å². The lowest BCUT2D eigenvalue weighted by Gasteiger charge is -2.13. The monoisotopic (exact) mass is 253 g/mol. The number of amides is 1. The minimum absolute atomic E-state index is 0.0226. The van der Waals surface area contributed by atoms with E-state index in [9.17, 15) is 14.0 Å². The van der Waals surface area contributed by atoms with Crippen LogP contribution in [0.4, 0.5) is 4.39 Å². The maximum atomic E-state index is 12.9. The van der Waals surface area contributed by atoms with Crippen LogP contribution in [0.3, 0.4) is 0 Å². The van der Waals surface area contributed by atoms with Crippen LogP contribution in [0.1, 0.15) is 25.3 Å². The number of nitrogens with one attached hydrogen (secondary N) is 1. The van der Waals surface area contributed by atoms with Crippen LogP contribution in [0.25, 0.3) is 0 Å². The molecular formula is C13H16FNO3. The van der Waals surface area contributed by atoms with Crippen molar-refractivity contribution >= 4 is 11.9 Å². The van der Waals surface area contributed by atoms with E-state index in [0.29, 0.717) is 18.4 Å². The molecule has 18 heavy (non-hydrogen) atoms. The molecular weight excluding hydrogens is 237 g/mol. The number of hydrogen-bond donors (Lipinski definition) is 2. The first-order chi connectivity index (χ1) is 8.52. The Balaban J connectivity index is 2.57. The number of carbonyl (C=O) groups excluding carboxylic acids is 1. The summed E-state index contributed by atoms with van der Waals surface area (Å²) in [4.78, 5) is 22.5. The Bertz CT molecular complexity index is 434. The minimum Gasteiger partial charge on any atom is -0.480 e. The molecule has 0 heterocycles. The van der Waals surface area contributed by atoms with Gasteiger partial charge < -0.3 is 10.4 Å². The van der Waals surface area contributed by atoms with Crippen molar-refractivity contribution in [1.82, 2.24) is 5.32 Å². The van der Waals surface area contributed by atoms with Gasteiger partial charge in [-0.2, -0.15) is 0 Å². The van der Waals surface area contributed by atoms with E-state index in [0.717, 1.165) is 0 Å². The zero-order valence-electron chi connectivity index (χ0n) is 10.1. The fourth-order valence-electron chi connectivity index (χ4n) is 1.62. The molecule has 0 unspecified atom stereocenters. The SMILES string of the molecule is CCC[C@@H](NC(=O)Cc1cccc(F)c1)C(=O)O. The normalized spacial score (nSPS) is 11.9. The molecule has 2 N–H and O–H groups in total. The Morgan fingerprint density at radius 1 is 1.44 bits per heavy atom. The number of halogens is 1. The van der Waals surface area contributed by atoms with Gasteiger partial charge >= 0.3 is 5.97 Å². The van der Waals surface area contributed by atoms with Crippen LogP contribution >= 0.6 is 0 Å². The summed E-state index contributed by atoms with van der Waals surface area (Å²) < 4.78 is 12.9. The van der Waals surface area contributed by atoms with Crippen LogP contribution in [0.5, 0.6) is 0 Å². The Morgan fingerprint density at radius 2 is 2.17 bits per heavy atom. The summed E-state index contributed by atoms with van der Waals surface area (Å²) in [5, 5.41) is 11.3. The lowest BCUT2D eigenvalue weighted by Crippen LogP contribution is -2.41. The Labute approximate surface area is 105 Å². The summed E-state index contributed by atoms with van der Waals surface area (Å²) in [6.45, 7) is 1.84. The van der Waals surface area contributed by atoms with Gasteiger partial charge in [0.15, 0.2) is 0 Å². The molecule has 0 saturated carbocycles. The first-order valence-corrected chi connectivity index (χ1v) is 5.79. The summed E-state index contributed by atoms with van der Waals surface area (Å²) in [5.41, 5.74) is 0.521. The van der Waals surface area contributed by atoms with Crippen molar-refractivity contribution in [2.24, 2.45) is 0 Å². The molecule has 0 aliphatic rings. The third-order valence-corrected chi connectivity index (χ3v) is 2.46. The van der Waals surface area contributed by atoms with E-state index in [1.54, 1.807) is 6.07 Å². The molecule has 1 aromatic carbocycles. The van der Waals surface area contributed by atoms with Crippen LogP contribution < -0.4 is 5.32 Å². The molecule has 0 radical (unpaired) electrons. The van der Waals surface area contributed by atoms with Crippen LogP contribution in [0.15, 0.2) is 24.3 Å². The molecule has 1 amide bonds. The van der Waals surface area contributed by atoms with E-state index in [-0.39, 0.29) is 6.42 Å². The predicted molar refractivity (Wildman–Crippen MR) is 64.6 cm³/mol. The van der Waals surface area contributed by atoms with Crippen LogP contribution in [-0.2, 0) is 16.0 Å². The highest BCUT2D eigenvalue weighted by molar-refractivity contribution is 5.84. The predicted octanol–water partition coefficient (Wildman–Crippen LogP) is 1.74. The number of carboxylic acids is 1. The number of hydrogen-bond acceptors (Lipinski definition) is 2. The molecule has 1 atom stereocenters. The Morgan fingerprint density at radius 3 is 2.72 bits per heavy atom. The summed E-state index contributed by atoms with van der Waals surface area (Å²) >= 11 is 0. The van der Waals surface area contributed by atoms with Gasteiger partial charge in [-0.1, -0.05) is 25.5 Å². The average molecular weight is 253 g/mol. The van der Waals surface area contributed by atoms with Crippen molar-refractivity contribution in [3.63, 3.8) is 0 Å². The lowest BCUT2D eigenvalue weighted by molar-refractivity contribution is -0.141. The molecule has 0 aliphatic heterocycles. The minimum atomic E-state index is -1.05. The van der Waals surface area contributed by atoms with Crippen molar-refractivity contribution < 1.29 is 19.1 Å². The van der Waals surface area contributed by atoms with Crippen molar-refractivity contribution in [3.05, 3.63) is 35.6 Å². The Hall–Kier alpha value is -1.91. The van der Waals surface area contributed by atoms with Gasteiger partial charge in [0.1, 0.15) is 11.9 Å². The fourth-order valence-corrected chi connectivity index (χ4v) is 1.62. The highest BCUT2D eigenvalue weighted by Crippen LogP contribution is 2.05. The van der Waals surface area contributed by atoms with E-state index in [2.05, 4.69) is 5.32 Å². The maximum Gasteiger partial charge on any atom is 0.326 e. The van der Waals surface area contributed by atoms with Gasteiger partial charge in [-0.25, -0.2) is 9.18 Å². The number of benzene rings is 1. The first-order valence-electron chi connectivity index (χ1n) is 5.79. The average Bonchev–Trinajstić information content (AvgIpc) is 2.28. The van der Waals surface area contributed by atoms with Gasteiger partial charge in [0.05, 0.1) is 6.42 Å². The van der Waals surface area contributed by atoms with Gasteiger partial charge in [-0.15, -0.1) is 0 Å². The third-order valence-electron chi connectivity index (χ3n) is 2.46. The number of rotatable bonds is 6. The third kappa shape index (κ3) is 4.53. The van der Waals surface area contributed by atoms with Gasteiger partial charge in [-0.05, 0) is 24.1 Å². The van der Waals surface area contributed by atoms with Crippen molar-refractivity contribution in [2.45, 2.75) is 32.2 Å². The summed E-state index contributed by atoms with van der Waals surface area (Å²) in [6.07, 6.45) is 1.02. The van der Waals surface area contributed by atoms with E-state index in [1.165, 1.54) is 18.2 Å². The molecule has 0 fully saturated rings. The first kappa shape index (κ1) is 14.2. The van der Waals surface area contributed by atoms with Gasteiger partial charge in [0.25, 0.3) is 0 Å². The van der Waals surface area contributed by atoms with E-state index in [4.69, 9.17) is 5.11 Å². The highest BCUT2D eigenvalue weighted by atomic mass is 19.1. The highest BCUT2D eigenvalue weighted by Gasteiger charge is 2.18. The summed E-state index contributed by atoms with van der Waals surface area (Å²) in [6, 6.07) is 4.81. The van der Waals surface area contributed by atoms with Gasteiger partial charge in [-0.3, -0.25) is 4.79 Å². The second-order valence-corrected chi connectivity index (χ2v) is 4.05. The largest absolute Gasteiger partial charge is 0.480 e.